The van der Waals surface area contributed by atoms with Crippen LogP contribution in [0.15, 0.2) is 29.4 Å². The minimum atomic E-state index is 0.230. The highest BCUT2D eigenvalue weighted by atomic mass is 15.0. The molecule has 66 valence electrons. The Kier molecular flexibility index (Phi) is 2.36. The van der Waals surface area contributed by atoms with Crippen molar-refractivity contribution in [1.82, 2.24) is 5.32 Å². The van der Waals surface area contributed by atoms with Crippen LogP contribution >= 0.6 is 0 Å². The molecule has 1 aliphatic heterocycles. The summed E-state index contributed by atoms with van der Waals surface area (Å²) in [6.07, 6.45) is 3.75. The van der Waals surface area contributed by atoms with Gasteiger partial charge < -0.3 is 5.32 Å². The van der Waals surface area contributed by atoms with Crippen molar-refractivity contribution in [3.8, 4) is 0 Å². The molecule has 0 aromatic heterocycles. The fourth-order valence-corrected chi connectivity index (χ4v) is 1.07. The number of nitrogens with zero attached hydrogens (tertiary/aromatic N) is 1. The molecule has 1 heterocycles. The Balaban J connectivity index is 2.66. The Morgan fingerprint density at radius 2 is 2.25 bits per heavy atom. The molecular formula is C10H16N2. The molecule has 0 aliphatic carbocycles. The zero-order chi connectivity index (χ0) is 9.19. The molecule has 0 saturated heterocycles. The maximum absolute atomic E-state index is 4.32. The molecule has 2 heteroatoms. The lowest BCUT2D eigenvalue weighted by molar-refractivity contribution is 0.499. The average Bonchev–Trinajstić information content (AvgIpc) is 2.35. The van der Waals surface area contributed by atoms with Gasteiger partial charge in [0.1, 0.15) is 5.84 Å². The van der Waals surface area contributed by atoms with Crippen molar-refractivity contribution in [1.29, 1.82) is 0 Å². The second-order valence-electron chi connectivity index (χ2n) is 3.97. The molecule has 0 saturated carbocycles. The molecule has 0 aromatic rings. The molecule has 0 radical (unpaired) electrons. The van der Waals surface area contributed by atoms with Crippen LogP contribution in [0.3, 0.4) is 0 Å². The Bertz CT molecular complexity index is 241. The van der Waals surface area contributed by atoms with Gasteiger partial charge in [0, 0.05) is 0 Å². The number of amidine groups is 1. The van der Waals surface area contributed by atoms with Crippen LogP contribution in [0, 0.1) is 5.41 Å². The topological polar surface area (TPSA) is 24.4 Å². The summed E-state index contributed by atoms with van der Waals surface area (Å²) in [6.45, 7) is 11.0. The zero-order valence-electron chi connectivity index (χ0n) is 8.02. The maximum atomic E-state index is 4.32. The normalized spacial score (nSPS) is 16.9. The second-order valence-corrected chi connectivity index (χ2v) is 3.97. The summed E-state index contributed by atoms with van der Waals surface area (Å²) in [4.78, 5) is 4.32. The van der Waals surface area contributed by atoms with Gasteiger partial charge in [-0.1, -0.05) is 27.4 Å². The molecule has 0 amide bonds. The molecule has 0 unspecified atom stereocenters. The molecule has 0 spiro atoms. The van der Waals surface area contributed by atoms with Crippen molar-refractivity contribution < 1.29 is 0 Å². The molecule has 1 rings (SSSR count). The first-order valence-corrected chi connectivity index (χ1v) is 4.17. The average molecular weight is 164 g/mol. The first-order chi connectivity index (χ1) is 5.54. The van der Waals surface area contributed by atoms with E-state index in [2.05, 4.69) is 43.7 Å². The quantitative estimate of drug-likeness (QED) is 0.630. The third-order valence-electron chi connectivity index (χ3n) is 1.94. The summed E-state index contributed by atoms with van der Waals surface area (Å²) < 4.78 is 0. The molecule has 1 N–H and O–H groups in total. The fraction of sp³-hybridized carbons (Fsp3) is 0.500. The van der Waals surface area contributed by atoms with Crippen LogP contribution < -0.4 is 5.32 Å². The van der Waals surface area contributed by atoms with E-state index in [0.717, 1.165) is 12.4 Å². The van der Waals surface area contributed by atoms with E-state index in [0.29, 0.717) is 0 Å². The fourth-order valence-electron chi connectivity index (χ4n) is 1.07. The minimum absolute atomic E-state index is 0.230. The van der Waals surface area contributed by atoms with Gasteiger partial charge in [-0.2, -0.15) is 0 Å². The van der Waals surface area contributed by atoms with Gasteiger partial charge in [0.05, 0.1) is 6.54 Å². The monoisotopic (exact) mass is 164 g/mol. The Morgan fingerprint density at radius 1 is 1.58 bits per heavy atom. The van der Waals surface area contributed by atoms with E-state index in [1.165, 1.54) is 5.57 Å². The number of rotatable bonds is 1. The highest BCUT2D eigenvalue weighted by molar-refractivity contribution is 5.96. The van der Waals surface area contributed by atoms with E-state index >= 15 is 0 Å². The molecule has 0 atom stereocenters. The van der Waals surface area contributed by atoms with E-state index in [4.69, 9.17) is 0 Å². The van der Waals surface area contributed by atoms with Gasteiger partial charge in [-0.05, 0) is 23.3 Å². The summed E-state index contributed by atoms with van der Waals surface area (Å²) in [5.74, 6) is 0.926. The molecule has 0 bridgehead atoms. The van der Waals surface area contributed by atoms with Crippen molar-refractivity contribution in [2.45, 2.75) is 20.8 Å². The standard InChI is InChI=1S/C10H16N2/c1-5-11-9-6-8(7-12-9)10(2,3)4/h5-6H,1,7H2,2-4H3,(H,11,12). The van der Waals surface area contributed by atoms with Crippen LogP contribution in [0.5, 0.6) is 0 Å². The van der Waals surface area contributed by atoms with Gasteiger partial charge in [0.15, 0.2) is 0 Å². The van der Waals surface area contributed by atoms with E-state index < -0.39 is 0 Å². The summed E-state index contributed by atoms with van der Waals surface area (Å²) in [5.41, 5.74) is 1.60. The SMILES string of the molecule is C=CNC1=NCC(C(C)(C)C)=C1. The van der Waals surface area contributed by atoms with Crippen LogP contribution in [-0.2, 0) is 0 Å². The number of aliphatic imine (C=N–C) groups is 1. The lowest BCUT2D eigenvalue weighted by Gasteiger charge is -2.18. The lowest BCUT2D eigenvalue weighted by Crippen LogP contribution is -2.13. The van der Waals surface area contributed by atoms with Gasteiger partial charge in [0.25, 0.3) is 0 Å². The van der Waals surface area contributed by atoms with Crippen molar-refractivity contribution in [2.24, 2.45) is 10.4 Å². The van der Waals surface area contributed by atoms with E-state index in [1.54, 1.807) is 6.20 Å². The highest BCUT2D eigenvalue weighted by Crippen LogP contribution is 2.27. The van der Waals surface area contributed by atoms with Crippen LogP contribution in [0.25, 0.3) is 0 Å². The molecular weight excluding hydrogens is 148 g/mol. The molecule has 12 heavy (non-hydrogen) atoms. The van der Waals surface area contributed by atoms with Crippen LogP contribution in [-0.4, -0.2) is 12.4 Å². The van der Waals surface area contributed by atoms with Gasteiger partial charge in [-0.15, -0.1) is 0 Å². The van der Waals surface area contributed by atoms with Crippen molar-refractivity contribution in [3.63, 3.8) is 0 Å². The van der Waals surface area contributed by atoms with E-state index in [1.807, 2.05) is 0 Å². The van der Waals surface area contributed by atoms with Gasteiger partial charge in [-0.3, -0.25) is 4.99 Å². The van der Waals surface area contributed by atoms with Gasteiger partial charge in [-0.25, -0.2) is 0 Å². The summed E-state index contributed by atoms with van der Waals surface area (Å²) in [6, 6.07) is 0. The smallest absolute Gasteiger partial charge is 0.125 e. The molecule has 0 aromatic carbocycles. The highest BCUT2D eigenvalue weighted by Gasteiger charge is 2.20. The maximum Gasteiger partial charge on any atom is 0.125 e. The van der Waals surface area contributed by atoms with Gasteiger partial charge >= 0.3 is 0 Å². The zero-order valence-corrected chi connectivity index (χ0v) is 8.02. The number of hydrogen-bond acceptors (Lipinski definition) is 2. The van der Waals surface area contributed by atoms with E-state index in [9.17, 15) is 0 Å². The first kappa shape index (κ1) is 9.04. The summed E-state index contributed by atoms with van der Waals surface area (Å²) >= 11 is 0. The second kappa shape index (κ2) is 3.13. The predicted molar refractivity (Wildman–Crippen MR) is 53.2 cm³/mol. The number of hydrogen-bond donors (Lipinski definition) is 1. The number of nitrogens with one attached hydrogen (secondary N) is 1. The Labute approximate surface area is 74.1 Å². The van der Waals surface area contributed by atoms with Crippen molar-refractivity contribution in [3.05, 3.63) is 24.4 Å². The van der Waals surface area contributed by atoms with Crippen molar-refractivity contribution in [2.75, 3.05) is 6.54 Å². The van der Waals surface area contributed by atoms with E-state index in [-0.39, 0.29) is 5.41 Å². The van der Waals surface area contributed by atoms with Gasteiger partial charge in [0.2, 0.25) is 0 Å². The Hall–Kier alpha value is -1.05. The predicted octanol–water partition coefficient (Wildman–Crippen LogP) is 2.10. The molecule has 1 aliphatic rings. The third-order valence-corrected chi connectivity index (χ3v) is 1.94. The molecule has 0 fully saturated rings. The minimum Gasteiger partial charge on any atom is -0.348 e. The van der Waals surface area contributed by atoms with Crippen LogP contribution in [0.1, 0.15) is 20.8 Å². The summed E-state index contributed by atoms with van der Waals surface area (Å²) in [5, 5.41) is 2.98. The van der Waals surface area contributed by atoms with Crippen molar-refractivity contribution >= 4 is 5.84 Å². The van der Waals surface area contributed by atoms with Crippen LogP contribution in [0.4, 0.5) is 0 Å². The summed E-state index contributed by atoms with van der Waals surface area (Å²) in [7, 11) is 0. The Morgan fingerprint density at radius 3 is 2.67 bits per heavy atom. The largest absolute Gasteiger partial charge is 0.348 e. The molecule has 2 nitrogen and oxygen atoms in total. The third kappa shape index (κ3) is 1.97. The first-order valence-electron chi connectivity index (χ1n) is 4.17. The lowest BCUT2D eigenvalue weighted by atomic mass is 9.87. The van der Waals surface area contributed by atoms with Crippen LogP contribution in [0.2, 0.25) is 0 Å².